The summed E-state index contributed by atoms with van der Waals surface area (Å²) in [6.07, 6.45) is -4.88. The molecule has 1 N–H and O–H groups in total. The molecule has 1 aromatic rings. The lowest BCUT2D eigenvalue weighted by Crippen LogP contribution is -2.51. The van der Waals surface area contributed by atoms with E-state index >= 15 is 0 Å². The third-order valence-corrected chi connectivity index (χ3v) is 3.57. The average molecular weight is 334 g/mol. The molecule has 1 saturated heterocycles. The van der Waals surface area contributed by atoms with Crippen molar-refractivity contribution in [2.75, 3.05) is 32.8 Å². The lowest BCUT2D eigenvalue weighted by molar-refractivity contribution is -0.140. The lowest BCUT2D eigenvalue weighted by Gasteiger charge is -2.34. The van der Waals surface area contributed by atoms with Gasteiger partial charge in [-0.25, -0.2) is 4.39 Å². The van der Waals surface area contributed by atoms with Crippen molar-refractivity contribution in [1.29, 1.82) is 0 Å². The normalized spacial score (nSPS) is 15.7. The first kappa shape index (κ1) is 17.2. The number of benzene rings is 1. The molecule has 1 aliphatic rings. The van der Waals surface area contributed by atoms with E-state index in [0.29, 0.717) is 12.1 Å². The summed E-state index contributed by atoms with van der Waals surface area (Å²) in [7, 11) is 0. The second-order valence-electron chi connectivity index (χ2n) is 5.02. The van der Waals surface area contributed by atoms with E-state index in [2.05, 4.69) is 0 Å². The van der Waals surface area contributed by atoms with E-state index in [9.17, 15) is 27.2 Å². The second-order valence-corrected chi connectivity index (χ2v) is 5.02. The van der Waals surface area contributed by atoms with E-state index in [-0.39, 0.29) is 31.7 Å². The standard InChI is InChI=1S/C14H14F4N2O3/c15-11-2-1-9(7-10(11)14(16,17)18)13(23)20-5-3-19(4-6-20)12(22)8-21/h1-2,7,21H,3-6,8H2. The molecule has 0 bridgehead atoms. The van der Waals surface area contributed by atoms with E-state index in [1.54, 1.807) is 0 Å². The molecule has 0 unspecified atom stereocenters. The molecular weight excluding hydrogens is 320 g/mol. The van der Waals surface area contributed by atoms with Crippen molar-refractivity contribution in [1.82, 2.24) is 9.80 Å². The highest BCUT2D eigenvalue weighted by Gasteiger charge is 2.35. The fourth-order valence-corrected chi connectivity index (χ4v) is 2.32. The van der Waals surface area contributed by atoms with Gasteiger partial charge >= 0.3 is 6.18 Å². The highest BCUT2D eigenvalue weighted by molar-refractivity contribution is 5.94. The van der Waals surface area contributed by atoms with Gasteiger partial charge < -0.3 is 14.9 Å². The van der Waals surface area contributed by atoms with Gasteiger partial charge in [0.25, 0.3) is 5.91 Å². The van der Waals surface area contributed by atoms with Crippen LogP contribution in [0.5, 0.6) is 0 Å². The van der Waals surface area contributed by atoms with Crippen LogP contribution in [0, 0.1) is 5.82 Å². The number of aliphatic hydroxyl groups is 1. The maximum atomic E-state index is 13.2. The van der Waals surface area contributed by atoms with Crippen LogP contribution in [-0.2, 0) is 11.0 Å². The highest BCUT2D eigenvalue weighted by Crippen LogP contribution is 2.32. The summed E-state index contributed by atoms with van der Waals surface area (Å²) in [5.41, 5.74) is -1.75. The molecular formula is C14H14F4N2O3. The van der Waals surface area contributed by atoms with Crippen molar-refractivity contribution in [2.24, 2.45) is 0 Å². The summed E-state index contributed by atoms with van der Waals surface area (Å²) < 4.78 is 51.3. The Morgan fingerprint density at radius 2 is 1.65 bits per heavy atom. The molecule has 1 aliphatic heterocycles. The third-order valence-electron chi connectivity index (χ3n) is 3.57. The Hall–Kier alpha value is -2.16. The Labute approximate surface area is 129 Å². The molecule has 5 nitrogen and oxygen atoms in total. The van der Waals surface area contributed by atoms with Crippen LogP contribution in [0.15, 0.2) is 18.2 Å². The minimum Gasteiger partial charge on any atom is -0.387 e. The fourth-order valence-electron chi connectivity index (χ4n) is 2.32. The number of alkyl halides is 3. The molecule has 2 rings (SSSR count). The predicted molar refractivity (Wildman–Crippen MR) is 71.0 cm³/mol. The topological polar surface area (TPSA) is 60.9 Å². The number of nitrogens with zero attached hydrogens (tertiary/aromatic N) is 2. The van der Waals surface area contributed by atoms with Gasteiger partial charge in [-0.15, -0.1) is 0 Å². The maximum Gasteiger partial charge on any atom is 0.419 e. The zero-order valence-electron chi connectivity index (χ0n) is 11.9. The van der Waals surface area contributed by atoms with Crippen molar-refractivity contribution in [2.45, 2.75) is 6.18 Å². The van der Waals surface area contributed by atoms with Gasteiger partial charge in [0.05, 0.1) is 5.56 Å². The van der Waals surface area contributed by atoms with Crippen LogP contribution in [0.3, 0.4) is 0 Å². The zero-order chi connectivity index (χ0) is 17.2. The second kappa shape index (κ2) is 6.53. The maximum absolute atomic E-state index is 13.2. The first-order valence-electron chi connectivity index (χ1n) is 6.78. The van der Waals surface area contributed by atoms with Crippen LogP contribution in [0.2, 0.25) is 0 Å². The van der Waals surface area contributed by atoms with E-state index in [1.807, 2.05) is 0 Å². The molecule has 1 fully saturated rings. The number of amides is 2. The molecule has 23 heavy (non-hydrogen) atoms. The van der Waals surface area contributed by atoms with Gasteiger partial charge in [-0.2, -0.15) is 13.2 Å². The Morgan fingerprint density at radius 1 is 1.09 bits per heavy atom. The minimum absolute atomic E-state index is 0.128. The first-order chi connectivity index (χ1) is 10.7. The molecule has 2 amide bonds. The Morgan fingerprint density at radius 3 is 2.17 bits per heavy atom. The monoisotopic (exact) mass is 334 g/mol. The number of piperazine rings is 1. The number of hydrogen-bond donors (Lipinski definition) is 1. The summed E-state index contributed by atoms with van der Waals surface area (Å²) >= 11 is 0. The largest absolute Gasteiger partial charge is 0.419 e. The third kappa shape index (κ3) is 3.79. The van der Waals surface area contributed by atoms with Crippen molar-refractivity contribution in [3.63, 3.8) is 0 Å². The van der Waals surface area contributed by atoms with Crippen molar-refractivity contribution >= 4 is 11.8 Å². The van der Waals surface area contributed by atoms with Gasteiger partial charge in [0, 0.05) is 31.7 Å². The fraction of sp³-hybridized carbons (Fsp3) is 0.429. The number of carbonyl (C=O) groups is 2. The zero-order valence-corrected chi connectivity index (χ0v) is 11.9. The Kier molecular flexibility index (Phi) is 4.88. The van der Waals surface area contributed by atoms with E-state index in [1.165, 1.54) is 9.80 Å². The van der Waals surface area contributed by atoms with Crippen LogP contribution < -0.4 is 0 Å². The summed E-state index contributed by atoms with van der Waals surface area (Å²) in [5, 5.41) is 8.76. The molecule has 9 heteroatoms. The van der Waals surface area contributed by atoms with Crippen LogP contribution in [0.1, 0.15) is 15.9 Å². The number of hydrogen-bond acceptors (Lipinski definition) is 3. The Bertz CT molecular complexity index is 611. The van der Waals surface area contributed by atoms with Crippen LogP contribution in [-0.4, -0.2) is 59.5 Å². The smallest absolute Gasteiger partial charge is 0.387 e. The van der Waals surface area contributed by atoms with Gasteiger partial charge in [-0.3, -0.25) is 9.59 Å². The molecule has 0 saturated carbocycles. The Balaban J connectivity index is 2.12. The van der Waals surface area contributed by atoms with Gasteiger partial charge in [0.15, 0.2) is 0 Å². The first-order valence-corrected chi connectivity index (χ1v) is 6.78. The molecule has 0 atom stereocenters. The molecule has 1 heterocycles. The summed E-state index contributed by atoms with van der Waals surface area (Å²) in [5.74, 6) is -2.57. The number of halogens is 4. The van der Waals surface area contributed by atoms with Gasteiger partial charge in [-0.05, 0) is 18.2 Å². The van der Waals surface area contributed by atoms with Crippen molar-refractivity contribution < 1.29 is 32.3 Å². The minimum atomic E-state index is -4.88. The van der Waals surface area contributed by atoms with Crippen molar-refractivity contribution in [3.05, 3.63) is 35.1 Å². The molecule has 0 radical (unpaired) electrons. The van der Waals surface area contributed by atoms with Gasteiger partial charge in [-0.1, -0.05) is 0 Å². The van der Waals surface area contributed by atoms with Crippen molar-refractivity contribution in [3.8, 4) is 0 Å². The van der Waals surface area contributed by atoms with Crippen LogP contribution in [0.4, 0.5) is 17.6 Å². The van der Waals surface area contributed by atoms with Crippen LogP contribution in [0.25, 0.3) is 0 Å². The summed E-state index contributed by atoms with van der Waals surface area (Å²) in [6.45, 7) is -0.0234. The number of carbonyl (C=O) groups excluding carboxylic acids is 2. The van der Waals surface area contributed by atoms with E-state index in [4.69, 9.17) is 5.11 Å². The van der Waals surface area contributed by atoms with Crippen LogP contribution >= 0.6 is 0 Å². The molecule has 0 spiro atoms. The summed E-state index contributed by atoms with van der Waals surface area (Å²) in [4.78, 5) is 26.2. The SMILES string of the molecule is O=C(CO)N1CCN(C(=O)c2ccc(F)c(C(F)(F)F)c2)CC1. The molecule has 1 aromatic carbocycles. The molecule has 0 aliphatic carbocycles. The van der Waals surface area contributed by atoms with Gasteiger partial charge in [0.2, 0.25) is 5.91 Å². The van der Waals surface area contributed by atoms with E-state index in [0.717, 1.165) is 6.07 Å². The molecule has 126 valence electrons. The molecule has 0 aromatic heterocycles. The quantitative estimate of drug-likeness (QED) is 0.825. The van der Waals surface area contributed by atoms with E-state index < -0.39 is 36.0 Å². The lowest BCUT2D eigenvalue weighted by atomic mass is 10.1. The summed E-state index contributed by atoms with van der Waals surface area (Å²) in [6, 6.07) is 2.10. The number of aliphatic hydroxyl groups excluding tert-OH is 1. The van der Waals surface area contributed by atoms with Gasteiger partial charge in [0.1, 0.15) is 12.4 Å². The predicted octanol–water partition coefficient (Wildman–Crippen LogP) is 1.12. The highest BCUT2D eigenvalue weighted by atomic mass is 19.4. The number of rotatable bonds is 2. The average Bonchev–Trinajstić information content (AvgIpc) is 2.53.